The number of pyridine rings is 1. The summed E-state index contributed by atoms with van der Waals surface area (Å²) in [6.07, 6.45) is 3.25. The third-order valence-electron chi connectivity index (χ3n) is 5.81. The molecule has 0 spiro atoms. The van der Waals surface area contributed by atoms with Gasteiger partial charge in [0.1, 0.15) is 23.4 Å². The summed E-state index contributed by atoms with van der Waals surface area (Å²) >= 11 is 0. The van der Waals surface area contributed by atoms with Crippen LogP contribution in [0.1, 0.15) is 25.0 Å². The lowest BCUT2D eigenvalue weighted by Gasteiger charge is -2.37. The van der Waals surface area contributed by atoms with Crippen molar-refractivity contribution in [1.29, 1.82) is 0 Å². The molecule has 8 nitrogen and oxygen atoms in total. The minimum atomic E-state index is -3.87. The highest BCUT2D eigenvalue weighted by molar-refractivity contribution is 7.89. The number of ether oxygens (including phenoxy) is 2. The first-order valence-electron chi connectivity index (χ1n) is 11.2. The van der Waals surface area contributed by atoms with E-state index in [0.29, 0.717) is 18.7 Å². The Bertz CT molecular complexity index is 1110. The number of fused-ring (bicyclic) bond motifs is 1. The van der Waals surface area contributed by atoms with Crippen molar-refractivity contribution in [2.24, 2.45) is 5.92 Å². The van der Waals surface area contributed by atoms with Crippen LogP contribution in [0.15, 0.2) is 47.6 Å². The summed E-state index contributed by atoms with van der Waals surface area (Å²) < 4.78 is 39.8. The van der Waals surface area contributed by atoms with Gasteiger partial charge in [-0.3, -0.25) is 9.88 Å². The third kappa shape index (κ3) is 6.34. The maximum Gasteiger partial charge on any atom is 0.247 e. The van der Waals surface area contributed by atoms with Gasteiger partial charge in [0, 0.05) is 56.7 Å². The number of hydrogen-bond donors (Lipinski definition) is 1. The lowest BCUT2D eigenvalue weighted by Crippen LogP contribution is -2.49. The van der Waals surface area contributed by atoms with Gasteiger partial charge in [-0.15, -0.1) is 0 Å². The number of hydrogen-bond acceptors (Lipinski definition) is 7. The Kier molecular flexibility index (Phi) is 9.05. The highest BCUT2D eigenvalue weighted by atomic mass is 32.2. The highest BCUT2D eigenvalue weighted by Gasteiger charge is 2.38. The van der Waals surface area contributed by atoms with E-state index in [0.717, 1.165) is 5.56 Å². The fourth-order valence-electron chi connectivity index (χ4n) is 3.90. The number of likely N-dealkylation sites (N-methyl/N-ethyl adjacent to an activating group) is 1. The van der Waals surface area contributed by atoms with E-state index in [1.165, 1.54) is 10.4 Å². The van der Waals surface area contributed by atoms with Crippen molar-refractivity contribution >= 4 is 10.0 Å². The highest BCUT2D eigenvalue weighted by Crippen LogP contribution is 2.34. The van der Waals surface area contributed by atoms with Crippen LogP contribution in [-0.2, 0) is 21.3 Å². The molecule has 3 rings (SSSR count). The molecule has 9 heteroatoms. The van der Waals surface area contributed by atoms with Gasteiger partial charge in [0.15, 0.2) is 0 Å². The second kappa shape index (κ2) is 11.8. The van der Waals surface area contributed by atoms with E-state index in [1.807, 2.05) is 26.1 Å². The number of benzene rings is 1. The van der Waals surface area contributed by atoms with Crippen LogP contribution in [-0.4, -0.2) is 80.3 Å². The lowest BCUT2D eigenvalue weighted by atomic mass is 10.0. The number of methoxy groups -OCH3 is 1. The largest absolute Gasteiger partial charge is 0.487 e. The van der Waals surface area contributed by atoms with E-state index in [4.69, 9.17) is 9.47 Å². The van der Waals surface area contributed by atoms with E-state index >= 15 is 0 Å². The monoisotopic (exact) mass is 487 g/mol. The first-order chi connectivity index (χ1) is 16.3. The zero-order valence-corrected chi connectivity index (χ0v) is 21.0. The van der Waals surface area contributed by atoms with Crippen molar-refractivity contribution in [3.63, 3.8) is 0 Å². The Balaban J connectivity index is 1.97. The minimum Gasteiger partial charge on any atom is -0.487 e. The van der Waals surface area contributed by atoms with Crippen molar-refractivity contribution < 1.29 is 23.0 Å². The van der Waals surface area contributed by atoms with Crippen molar-refractivity contribution in [3.8, 4) is 17.6 Å². The summed E-state index contributed by atoms with van der Waals surface area (Å²) in [7, 11) is -0.301. The molecule has 1 aromatic heterocycles. The van der Waals surface area contributed by atoms with E-state index in [9.17, 15) is 13.5 Å². The molecule has 0 amide bonds. The Hall–Kier alpha value is -2.48. The topological polar surface area (TPSA) is 92.2 Å². The predicted molar refractivity (Wildman–Crippen MR) is 130 cm³/mol. The van der Waals surface area contributed by atoms with E-state index in [2.05, 4.69) is 21.7 Å². The molecule has 0 bridgehead atoms. The molecule has 1 N–H and O–H groups in total. The molecule has 1 aliphatic heterocycles. The maximum atomic E-state index is 13.5. The number of aliphatic hydroxyl groups is 1. The summed E-state index contributed by atoms with van der Waals surface area (Å²) in [5.41, 5.74) is 1.77. The van der Waals surface area contributed by atoms with E-state index in [-0.39, 0.29) is 42.4 Å². The molecule has 0 saturated heterocycles. The first kappa shape index (κ1) is 26.1. The average molecular weight is 488 g/mol. The minimum absolute atomic E-state index is 0.0822. The predicted octanol–water partition coefficient (Wildman–Crippen LogP) is 1.98. The van der Waals surface area contributed by atoms with Crippen LogP contribution in [0, 0.1) is 17.8 Å². The van der Waals surface area contributed by atoms with Gasteiger partial charge in [-0.25, -0.2) is 8.42 Å². The summed E-state index contributed by atoms with van der Waals surface area (Å²) in [5, 5.41) is 9.77. The Morgan fingerprint density at radius 3 is 2.74 bits per heavy atom. The molecule has 184 valence electrons. The fourth-order valence-corrected chi connectivity index (χ4v) is 5.73. The molecule has 0 radical (unpaired) electrons. The average Bonchev–Trinajstić information content (AvgIpc) is 2.81. The van der Waals surface area contributed by atoms with Crippen LogP contribution in [0.2, 0.25) is 0 Å². The molecule has 3 atom stereocenters. The Labute approximate surface area is 202 Å². The normalized spacial score (nSPS) is 20.9. The molecule has 0 fully saturated rings. The van der Waals surface area contributed by atoms with Crippen molar-refractivity contribution in [1.82, 2.24) is 14.2 Å². The smallest absolute Gasteiger partial charge is 0.247 e. The molecule has 0 saturated carbocycles. The summed E-state index contributed by atoms with van der Waals surface area (Å²) in [6, 6.07) is 8.25. The third-order valence-corrected chi connectivity index (χ3v) is 7.83. The lowest BCUT2D eigenvalue weighted by molar-refractivity contribution is 0.0733. The molecule has 2 heterocycles. The number of aliphatic hydroxyl groups excluding tert-OH is 1. The Morgan fingerprint density at radius 2 is 2.06 bits per heavy atom. The molecule has 2 aromatic rings. The molecular formula is C25H33N3O5S. The summed E-state index contributed by atoms with van der Waals surface area (Å²) in [4.78, 5) is 6.29. The van der Waals surface area contributed by atoms with Gasteiger partial charge < -0.3 is 14.6 Å². The zero-order valence-electron chi connectivity index (χ0n) is 20.1. The number of aromatic nitrogens is 1. The van der Waals surface area contributed by atoms with Crippen LogP contribution in [0.25, 0.3) is 0 Å². The van der Waals surface area contributed by atoms with Gasteiger partial charge in [0.05, 0.1) is 6.61 Å². The van der Waals surface area contributed by atoms with Gasteiger partial charge >= 0.3 is 0 Å². The van der Waals surface area contributed by atoms with Crippen LogP contribution in [0.4, 0.5) is 0 Å². The molecular weight excluding hydrogens is 454 g/mol. The molecule has 1 aliphatic rings. The van der Waals surface area contributed by atoms with Crippen molar-refractivity contribution in [2.45, 2.75) is 37.4 Å². The van der Waals surface area contributed by atoms with Crippen LogP contribution < -0.4 is 4.74 Å². The second-order valence-corrected chi connectivity index (χ2v) is 10.5. The number of rotatable bonds is 7. The Morgan fingerprint density at radius 1 is 1.32 bits per heavy atom. The van der Waals surface area contributed by atoms with E-state index < -0.39 is 16.1 Å². The quantitative estimate of drug-likeness (QED) is 0.597. The van der Waals surface area contributed by atoms with Gasteiger partial charge in [0.25, 0.3) is 0 Å². The number of sulfonamides is 1. The van der Waals surface area contributed by atoms with Gasteiger partial charge in [-0.2, -0.15) is 4.31 Å². The van der Waals surface area contributed by atoms with Crippen LogP contribution >= 0.6 is 0 Å². The van der Waals surface area contributed by atoms with Gasteiger partial charge in [-0.1, -0.05) is 18.8 Å². The maximum absolute atomic E-state index is 13.5. The summed E-state index contributed by atoms with van der Waals surface area (Å²) in [5.74, 6) is 6.02. The fraction of sp³-hybridized carbons (Fsp3) is 0.480. The van der Waals surface area contributed by atoms with Crippen LogP contribution in [0.5, 0.6) is 5.75 Å². The second-order valence-electron chi connectivity index (χ2n) is 8.69. The molecule has 0 unspecified atom stereocenters. The molecule has 1 aromatic carbocycles. The zero-order chi connectivity index (χ0) is 24.7. The van der Waals surface area contributed by atoms with Gasteiger partial charge in [-0.05, 0) is 49.9 Å². The van der Waals surface area contributed by atoms with Crippen LogP contribution in [0.3, 0.4) is 0 Å². The van der Waals surface area contributed by atoms with Gasteiger partial charge in [0.2, 0.25) is 10.0 Å². The SMILES string of the molecule is COCC#Cc1ccc2c(c1)O[C@H](CN(C)Cc1ccncc1)[C@@H](C)CN([C@H](C)CO)S2(=O)=O. The van der Waals surface area contributed by atoms with Crippen molar-refractivity contribution in [3.05, 3.63) is 53.9 Å². The molecule has 0 aliphatic carbocycles. The molecule has 34 heavy (non-hydrogen) atoms. The number of nitrogens with zero attached hydrogens (tertiary/aromatic N) is 3. The summed E-state index contributed by atoms with van der Waals surface area (Å²) in [6.45, 7) is 5.23. The standard InChI is InChI=1S/C25H33N3O5S/c1-19-15-28(20(2)18-29)34(30,31)25-8-7-21(6-5-13-32-4)14-23(25)33-24(19)17-27(3)16-22-9-11-26-12-10-22/h7-12,14,19-20,24,29H,13,15-18H2,1-4H3/t19-,20+,24+/m0/s1. The first-order valence-corrected chi connectivity index (χ1v) is 12.7. The van der Waals surface area contributed by atoms with Crippen molar-refractivity contribution in [2.75, 3.05) is 40.5 Å². The van der Waals surface area contributed by atoms with E-state index in [1.54, 1.807) is 38.6 Å².